The summed E-state index contributed by atoms with van der Waals surface area (Å²) in [5.74, 6) is 0.303. The average Bonchev–Trinajstić information content (AvgIpc) is 2.63. The normalized spacial score (nSPS) is 21.0. The maximum atomic E-state index is 12.8. The van der Waals surface area contributed by atoms with Crippen molar-refractivity contribution >= 4 is 5.91 Å². The van der Waals surface area contributed by atoms with E-state index >= 15 is 0 Å². The van der Waals surface area contributed by atoms with Crippen LogP contribution in [0.1, 0.15) is 67.5 Å². The van der Waals surface area contributed by atoms with Crippen LogP contribution < -0.4 is 5.56 Å². The summed E-state index contributed by atoms with van der Waals surface area (Å²) in [6.45, 7) is 4.68. The van der Waals surface area contributed by atoms with E-state index in [9.17, 15) is 9.59 Å². The lowest BCUT2D eigenvalue weighted by atomic mass is 9.78. The Kier molecular flexibility index (Phi) is 5.57. The van der Waals surface area contributed by atoms with Crippen LogP contribution in [0.15, 0.2) is 11.0 Å². The third-order valence-electron chi connectivity index (χ3n) is 5.85. The van der Waals surface area contributed by atoms with Crippen molar-refractivity contribution in [3.05, 3.63) is 27.9 Å². The SMILES string of the molecule is Cc1ncc(C(=O)N(C)CC2(N3CCCCC3)CCCCC2)c(=O)[nH]1. The van der Waals surface area contributed by atoms with Gasteiger partial charge in [0.1, 0.15) is 11.4 Å². The predicted molar refractivity (Wildman–Crippen MR) is 97.8 cm³/mol. The molecule has 1 saturated heterocycles. The molecule has 138 valence electrons. The summed E-state index contributed by atoms with van der Waals surface area (Å²) in [4.78, 5) is 36.0. The fourth-order valence-electron chi connectivity index (χ4n) is 4.51. The minimum atomic E-state index is -0.347. The Labute approximate surface area is 149 Å². The number of rotatable bonds is 4. The fourth-order valence-corrected chi connectivity index (χ4v) is 4.51. The number of likely N-dealkylation sites (tertiary alicyclic amines) is 1. The van der Waals surface area contributed by atoms with E-state index in [1.54, 1.807) is 11.8 Å². The third kappa shape index (κ3) is 3.94. The van der Waals surface area contributed by atoms with Gasteiger partial charge in [-0.25, -0.2) is 4.98 Å². The number of aromatic nitrogens is 2. The van der Waals surface area contributed by atoms with Crippen LogP contribution in [0, 0.1) is 6.92 Å². The van der Waals surface area contributed by atoms with Gasteiger partial charge in [0.05, 0.1) is 0 Å². The van der Waals surface area contributed by atoms with Crippen molar-refractivity contribution < 1.29 is 4.79 Å². The molecule has 2 aliphatic rings. The minimum absolute atomic E-state index is 0.0773. The Bertz CT molecular complexity index is 658. The summed E-state index contributed by atoms with van der Waals surface area (Å²) in [5.41, 5.74) is -0.133. The number of amides is 1. The first-order valence-corrected chi connectivity index (χ1v) is 9.58. The van der Waals surface area contributed by atoms with E-state index < -0.39 is 0 Å². The van der Waals surface area contributed by atoms with Crippen molar-refractivity contribution in [1.82, 2.24) is 19.8 Å². The van der Waals surface area contributed by atoms with Gasteiger partial charge < -0.3 is 9.88 Å². The highest BCUT2D eigenvalue weighted by Gasteiger charge is 2.40. The molecule has 1 aromatic rings. The largest absolute Gasteiger partial charge is 0.340 e. The minimum Gasteiger partial charge on any atom is -0.340 e. The zero-order valence-electron chi connectivity index (χ0n) is 15.5. The van der Waals surface area contributed by atoms with Crippen LogP contribution >= 0.6 is 0 Å². The highest BCUT2D eigenvalue weighted by Crippen LogP contribution is 2.36. The van der Waals surface area contributed by atoms with Crippen LogP contribution in [-0.4, -0.2) is 57.9 Å². The summed E-state index contributed by atoms with van der Waals surface area (Å²) >= 11 is 0. The number of piperidine rings is 1. The van der Waals surface area contributed by atoms with Crippen molar-refractivity contribution in [2.24, 2.45) is 0 Å². The van der Waals surface area contributed by atoms with Crippen molar-refractivity contribution in [3.8, 4) is 0 Å². The second-order valence-corrected chi connectivity index (χ2v) is 7.71. The molecule has 6 nitrogen and oxygen atoms in total. The van der Waals surface area contributed by atoms with Crippen LogP contribution in [0.3, 0.4) is 0 Å². The van der Waals surface area contributed by atoms with Crippen LogP contribution in [0.5, 0.6) is 0 Å². The number of aromatic amines is 1. The Morgan fingerprint density at radius 2 is 1.84 bits per heavy atom. The highest BCUT2D eigenvalue weighted by atomic mass is 16.2. The van der Waals surface area contributed by atoms with E-state index in [0.29, 0.717) is 12.4 Å². The number of hydrogen-bond acceptors (Lipinski definition) is 4. The summed E-state index contributed by atoms with van der Waals surface area (Å²) in [6, 6.07) is 0. The maximum absolute atomic E-state index is 12.8. The van der Waals surface area contributed by atoms with Crippen LogP contribution in [0.4, 0.5) is 0 Å². The monoisotopic (exact) mass is 346 g/mol. The fraction of sp³-hybridized carbons (Fsp3) is 0.737. The lowest BCUT2D eigenvalue weighted by Gasteiger charge is -2.49. The molecule has 0 radical (unpaired) electrons. The topological polar surface area (TPSA) is 69.3 Å². The Morgan fingerprint density at radius 1 is 1.20 bits per heavy atom. The number of nitrogens with zero attached hydrogens (tertiary/aromatic N) is 3. The second kappa shape index (κ2) is 7.68. The van der Waals surface area contributed by atoms with Gasteiger partial charge in [-0.2, -0.15) is 0 Å². The Morgan fingerprint density at radius 3 is 2.48 bits per heavy atom. The highest BCUT2D eigenvalue weighted by molar-refractivity contribution is 5.93. The second-order valence-electron chi connectivity index (χ2n) is 7.71. The number of nitrogens with one attached hydrogen (secondary N) is 1. The zero-order valence-corrected chi connectivity index (χ0v) is 15.5. The predicted octanol–water partition coefficient (Wildman–Crippen LogP) is 2.34. The van der Waals surface area contributed by atoms with Crippen LogP contribution in [-0.2, 0) is 0 Å². The molecule has 3 rings (SSSR count). The first-order chi connectivity index (χ1) is 12.0. The standard InChI is InChI=1S/C19H30N4O2/c1-15-20-13-16(17(24)21-15)18(25)22(2)14-19(9-5-3-6-10-19)23-11-7-4-8-12-23/h13H,3-12,14H2,1-2H3,(H,20,21,24). The molecular weight excluding hydrogens is 316 g/mol. The summed E-state index contributed by atoms with van der Waals surface area (Å²) in [6.07, 6.45) is 11.3. The van der Waals surface area contributed by atoms with Crippen molar-refractivity contribution in [2.45, 2.75) is 63.8 Å². The van der Waals surface area contributed by atoms with Gasteiger partial charge >= 0.3 is 0 Å². The molecule has 2 fully saturated rings. The van der Waals surface area contributed by atoms with E-state index in [0.717, 1.165) is 25.9 Å². The van der Waals surface area contributed by atoms with Crippen LogP contribution in [0.2, 0.25) is 0 Å². The van der Waals surface area contributed by atoms with Gasteiger partial charge in [-0.15, -0.1) is 0 Å². The number of carbonyl (C=O) groups is 1. The molecule has 0 bridgehead atoms. The lowest BCUT2D eigenvalue weighted by Crippen LogP contribution is -2.58. The number of carbonyl (C=O) groups excluding carboxylic acids is 1. The van der Waals surface area contributed by atoms with Crippen LogP contribution in [0.25, 0.3) is 0 Å². The number of hydrogen-bond donors (Lipinski definition) is 1. The molecule has 0 atom stereocenters. The molecule has 0 unspecified atom stereocenters. The molecule has 6 heteroatoms. The summed E-state index contributed by atoms with van der Waals surface area (Å²) in [5, 5.41) is 0. The average molecular weight is 346 g/mol. The molecule has 0 spiro atoms. The molecule has 0 aromatic carbocycles. The molecule has 1 aliphatic heterocycles. The molecule has 1 saturated carbocycles. The Hall–Kier alpha value is -1.69. The third-order valence-corrected chi connectivity index (χ3v) is 5.85. The van der Waals surface area contributed by atoms with Gasteiger partial charge in [0.25, 0.3) is 11.5 Å². The lowest BCUT2D eigenvalue weighted by molar-refractivity contribution is 0.00984. The smallest absolute Gasteiger partial charge is 0.263 e. The summed E-state index contributed by atoms with van der Waals surface area (Å²) in [7, 11) is 1.82. The molecule has 1 aliphatic carbocycles. The van der Waals surface area contributed by atoms with E-state index in [2.05, 4.69) is 14.9 Å². The Balaban J connectivity index is 1.78. The summed E-state index contributed by atoms with van der Waals surface area (Å²) < 4.78 is 0. The van der Waals surface area contributed by atoms with E-state index in [1.807, 2.05) is 7.05 Å². The van der Waals surface area contributed by atoms with Gasteiger partial charge in [-0.3, -0.25) is 14.5 Å². The van der Waals surface area contributed by atoms with Gasteiger partial charge in [-0.1, -0.05) is 25.7 Å². The van der Waals surface area contributed by atoms with E-state index in [-0.39, 0.29) is 22.6 Å². The van der Waals surface area contributed by atoms with Gasteiger partial charge in [0, 0.05) is 25.3 Å². The molecular formula is C19H30N4O2. The molecule has 25 heavy (non-hydrogen) atoms. The van der Waals surface area contributed by atoms with Gasteiger partial charge in [-0.05, 0) is 45.7 Å². The molecule has 1 amide bonds. The first kappa shape index (κ1) is 18.1. The number of likely N-dealkylation sites (N-methyl/N-ethyl adjacent to an activating group) is 1. The first-order valence-electron chi connectivity index (χ1n) is 9.58. The van der Waals surface area contributed by atoms with Crippen molar-refractivity contribution in [1.29, 1.82) is 0 Å². The molecule has 1 aromatic heterocycles. The quantitative estimate of drug-likeness (QED) is 0.908. The maximum Gasteiger partial charge on any atom is 0.263 e. The van der Waals surface area contributed by atoms with E-state index in [4.69, 9.17) is 0 Å². The number of H-pyrrole nitrogens is 1. The molecule has 1 N–H and O–H groups in total. The number of aryl methyl sites for hydroxylation is 1. The van der Waals surface area contributed by atoms with Gasteiger partial charge in [0.2, 0.25) is 0 Å². The van der Waals surface area contributed by atoms with Gasteiger partial charge in [0.15, 0.2) is 0 Å². The van der Waals surface area contributed by atoms with Crippen molar-refractivity contribution in [2.75, 3.05) is 26.7 Å². The zero-order chi connectivity index (χ0) is 17.9. The molecule has 2 heterocycles. The van der Waals surface area contributed by atoms with E-state index in [1.165, 1.54) is 44.7 Å². The van der Waals surface area contributed by atoms with Crippen molar-refractivity contribution in [3.63, 3.8) is 0 Å².